The van der Waals surface area contributed by atoms with Crippen LogP contribution in [0.15, 0.2) is 30.6 Å². The average molecular weight is 271 g/mol. The van der Waals surface area contributed by atoms with Crippen molar-refractivity contribution in [3.05, 3.63) is 42.0 Å². The molecule has 2 N–H and O–H groups in total. The van der Waals surface area contributed by atoms with Crippen LogP contribution in [0.4, 0.5) is 5.69 Å². The molecule has 1 aromatic heterocycles. The van der Waals surface area contributed by atoms with E-state index < -0.39 is 0 Å². The third-order valence-electron chi connectivity index (χ3n) is 3.96. The van der Waals surface area contributed by atoms with Gasteiger partial charge in [0.15, 0.2) is 5.82 Å². The zero-order chi connectivity index (χ0) is 13.9. The normalized spacial score (nSPS) is 16.0. The highest BCUT2D eigenvalue weighted by Gasteiger charge is 2.17. The maximum absolute atomic E-state index is 6.00. The Kier molecular flexibility index (Phi) is 3.69. The fourth-order valence-electron chi connectivity index (χ4n) is 2.58. The van der Waals surface area contributed by atoms with Crippen molar-refractivity contribution in [3.8, 4) is 0 Å². The van der Waals surface area contributed by atoms with Crippen LogP contribution in [-0.2, 0) is 19.5 Å². The van der Waals surface area contributed by atoms with Gasteiger partial charge in [0.05, 0.1) is 6.54 Å². The molecule has 2 heterocycles. The van der Waals surface area contributed by atoms with E-state index in [1.54, 1.807) is 0 Å². The van der Waals surface area contributed by atoms with Crippen molar-refractivity contribution >= 4 is 5.69 Å². The highest BCUT2D eigenvalue weighted by Crippen LogP contribution is 2.20. The molecule has 1 unspecified atom stereocenters. The van der Waals surface area contributed by atoms with E-state index in [2.05, 4.69) is 50.9 Å². The Morgan fingerprint density at radius 2 is 2.05 bits per heavy atom. The highest BCUT2D eigenvalue weighted by molar-refractivity contribution is 5.48. The van der Waals surface area contributed by atoms with Gasteiger partial charge in [-0.05, 0) is 30.5 Å². The minimum Gasteiger partial charge on any atom is -0.362 e. The van der Waals surface area contributed by atoms with Gasteiger partial charge in [-0.25, -0.2) is 0 Å². The maximum atomic E-state index is 6.00. The van der Waals surface area contributed by atoms with E-state index in [-0.39, 0.29) is 6.04 Å². The number of benzene rings is 1. The molecule has 0 radical (unpaired) electrons. The van der Waals surface area contributed by atoms with Gasteiger partial charge in [-0.1, -0.05) is 19.1 Å². The number of nitrogens with two attached hydrogens (primary N) is 1. The minimum absolute atomic E-state index is 0.259. The summed E-state index contributed by atoms with van der Waals surface area (Å²) in [6.45, 7) is 4.90. The van der Waals surface area contributed by atoms with Crippen LogP contribution in [0.3, 0.4) is 0 Å². The van der Waals surface area contributed by atoms with Crippen molar-refractivity contribution in [2.24, 2.45) is 5.73 Å². The lowest BCUT2D eigenvalue weighted by atomic mass is 10.0. The molecule has 0 saturated heterocycles. The second-order valence-electron chi connectivity index (χ2n) is 5.40. The number of aromatic nitrogens is 3. The van der Waals surface area contributed by atoms with Gasteiger partial charge in [0.25, 0.3) is 0 Å². The molecule has 2 aromatic rings. The van der Waals surface area contributed by atoms with Crippen LogP contribution in [0.1, 0.15) is 24.7 Å². The minimum atomic E-state index is 0.259. The van der Waals surface area contributed by atoms with E-state index in [0.717, 1.165) is 38.3 Å². The first kappa shape index (κ1) is 13.1. The van der Waals surface area contributed by atoms with Gasteiger partial charge in [-0.2, -0.15) is 0 Å². The molecule has 1 aliphatic heterocycles. The molecule has 0 amide bonds. The molecule has 5 nitrogen and oxygen atoms in total. The van der Waals surface area contributed by atoms with Crippen LogP contribution in [-0.4, -0.2) is 27.4 Å². The van der Waals surface area contributed by atoms with E-state index in [1.165, 1.54) is 11.3 Å². The third kappa shape index (κ3) is 2.67. The van der Waals surface area contributed by atoms with Crippen LogP contribution in [0, 0.1) is 0 Å². The lowest BCUT2D eigenvalue weighted by Crippen LogP contribution is -2.33. The van der Waals surface area contributed by atoms with Gasteiger partial charge in [0.2, 0.25) is 0 Å². The van der Waals surface area contributed by atoms with Crippen molar-refractivity contribution in [2.75, 3.05) is 11.4 Å². The smallest absolute Gasteiger partial charge is 0.152 e. The predicted molar refractivity (Wildman–Crippen MR) is 79.5 cm³/mol. The molecule has 1 aromatic carbocycles. The summed E-state index contributed by atoms with van der Waals surface area (Å²) in [5.74, 6) is 1.04. The summed E-state index contributed by atoms with van der Waals surface area (Å²) in [7, 11) is 0. The van der Waals surface area contributed by atoms with Gasteiger partial charge in [0, 0.05) is 24.8 Å². The number of nitrogens with zero attached hydrogens (tertiary/aromatic N) is 4. The summed E-state index contributed by atoms with van der Waals surface area (Å²) >= 11 is 0. The monoisotopic (exact) mass is 271 g/mol. The Labute approximate surface area is 119 Å². The molecular formula is C15H21N5. The van der Waals surface area contributed by atoms with Gasteiger partial charge in [-0.3, -0.25) is 0 Å². The molecule has 5 heteroatoms. The van der Waals surface area contributed by atoms with Crippen LogP contribution in [0.5, 0.6) is 0 Å². The summed E-state index contributed by atoms with van der Waals surface area (Å²) in [6.07, 6.45) is 3.77. The van der Waals surface area contributed by atoms with Gasteiger partial charge in [-0.15, -0.1) is 10.2 Å². The number of hydrogen-bond donors (Lipinski definition) is 1. The summed E-state index contributed by atoms with van der Waals surface area (Å²) in [5.41, 5.74) is 8.55. The molecule has 1 aliphatic rings. The van der Waals surface area contributed by atoms with Crippen molar-refractivity contribution in [1.29, 1.82) is 0 Å². The predicted octanol–water partition coefficient (Wildman–Crippen LogP) is 1.58. The van der Waals surface area contributed by atoms with Crippen molar-refractivity contribution < 1.29 is 0 Å². The van der Waals surface area contributed by atoms with Crippen LogP contribution in [0.25, 0.3) is 0 Å². The van der Waals surface area contributed by atoms with E-state index in [1.807, 2.05) is 6.33 Å². The van der Waals surface area contributed by atoms with E-state index in [4.69, 9.17) is 5.73 Å². The zero-order valence-electron chi connectivity index (χ0n) is 11.9. The molecule has 0 spiro atoms. The van der Waals surface area contributed by atoms with Gasteiger partial charge < -0.3 is 15.2 Å². The average Bonchev–Trinajstić information content (AvgIpc) is 2.95. The largest absolute Gasteiger partial charge is 0.362 e. The van der Waals surface area contributed by atoms with Crippen molar-refractivity contribution in [3.63, 3.8) is 0 Å². The van der Waals surface area contributed by atoms with E-state index in [9.17, 15) is 0 Å². The lowest BCUT2D eigenvalue weighted by Gasteiger charge is -2.29. The molecule has 20 heavy (non-hydrogen) atoms. The van der Waals surface area contributed by atoms with Crippen LogP contribution >= 0.6 is 0 Å². The topological polar surface area (TPSA) is 60.0 Å². The Bertz CT molecular complexity index is 560. The molecule has 3 rings (SSSR count). The summed E-state index contributed by atoms with van der Waals surface area (Å²) < 4.78 is 2.12. The zero-order valence-corrected chi connectivity index (χ0v) is 11.9. The lowest BCUT2D eigenvalue weighted by molar-refractivity contribution is 0.560. The Morgan fingerprint density at radius 1 is 1.25 bits per heavy atom. The van der Waals surface area contributed by atoms with Gasteiger partial charge >= 0.3 is 0 Å². The third-order valence-corrected chi connectivity index (χ3v) is 3.96. The quantitative estimate of drug-likeness (QED) is 0.917. The van der Waals surface area contributed by atoms with Crippen molar-refractivity contribution in [2.45, 2.75) is 38.9 Å². The second kappa shape index (κ2) is 5.63. The summed E-state index contributed by atoms with van der Waals surface area (Å²) in [4.78, 5) is 2.34. The number of anilines is 1. The number of fused-ring (bicyclic) bond motifs is 1. The number of rotatable bonds is 4. The molecule has 1 atom stereocenters. The second-order valence-corrected chi connectivity index (χ2v) is 5.40. The fraction of sp³-hybridized carbons (Fsp3) is 0.467. The first-order chi connectivity index (χ1) is 9.76. The van der Waals surface area contributed by atoms with Crippen molar-refractivity contribution in [1.82, 2.24) is 14.8 Å². The highest BCUT2D eigenvalue weighted by atomic mass is 15.3. The summed E-state index contributed by atoms with van der Waals surface area (Å²) in [5, 5.41) is 8.12. The fourth-order valence-corrected chi connectivity index (χ4v) is 2.58. The Balaban J connectivity index is 1.69. The SMILES string of the molecule is CCC(N)Cc1ccc(N2CCn3cnnc3C2)cc1. The number of hydrogen-bond acceptors (Lipinski definition) is 4. The molecule has 0 saturated carbocycles. The van der Waals surface area contributed by atoms with E-state index in [0.29, 0.717) is 0 Å². The maximum Gasteiger partial charge on any atom is 0.152 e. The Hall–Kier alpha value is -1.88. The molecule has 0 bridgehead atoms. The standard InChI is InChI=1S/C15H21N5/c1-2-13(16)9-12-3-5-14(6-4-12)19-7-8-20-11-17-18-15(20)10-19/h3-6,11,13H,2,7-10,16H2,1H3. The molecule has 0 aliphatic carbocycles. The van der Waals surface area contributed by atoms with Crippen LogP contribution < -0.4 is 10.6 Å². The first-order valence-electron chi connectivity index (χ1n) is 7.22. The molecule has 106 valence electrons. The molecular weight excluding hydrogens is 250 g/mol. The Morgan fingerprint density at radius 3 is 2.80 bits per heavy atom. The van der Waals surface area contributed by atoms with Crippen LogP contribution in [0.2, 0.25) is 0 Å². The summed E-state index contributed by atoms with van der Waals surface area (Å²) in [6, 6.07) is 9.00. The van der Waals surface area contributed by atoms with E-state index >= 15 is 0 Å². The first-order valence-corrected chi connectivity index (χ1v) is 7.22. The van der Waals surface area contributed by atoms with Gasteiger partial charge in [0.1, 0.15) is 6.33 Å². The molecule has 0 fully saturated rings.